The summed E-state index contributed by atoms with van der Waals surface area (Å²) in [5.74, 6) is 1.72. The molecule has 2 heterocycles. The predicted octanol–water partition coefficient (Wildman–Crippen LogP) is 3.68. The second kappa shape index (κ2) is 7.88. The minimum absolute atomic E-state index is 0.259. The summed E-state index contributed by atoms with van der Waals surface area (Å²) in [6.45, 7) is 2.01. The van der Waals surface area contributed by atoms with Crippen LogP contribution in [0.3, 0.4) is 0 Å². The van der Waals surface area contributed by atoms with Gasteiger partial charge in [-0.05, 0) is 36.4 Å². The van der Waals surface area contributed by atoms with E-state index in [1.165, 1.54) is 11.3 Å². The molecule has 2 aromatic heterocycles. The van der Waals surface area contributed by atoms with Crippen molar-refractivity contribution in [1.82, 2.24) is 19.8 Å². The van der Waals surface area contributed by atoms with Crippen molar-refractivity contribution in [3.05, 3.63) is 53.9 Å². The molecule has 9 heteroatoms. The number of methoxy groups -OCH3 is 2. The largest absolute Gasteiger partial charge is 0.497 e. The van der Waals surface area contributed by atoms with Crippen LogP contribution < -0.4 is 14.8 Å². The van der Waals surface area contributed by atoms with E-state index in [4.69, 9.17) is 9.47 Å². The number of anilines is 1. The first-order valence-electron chi connectivity index (χ1n) is 8.98. The molecule has 0 aliphatic carbocycles. The number of hydrogen-bond acceptors (Lipinski definition) is 7. The summed E-state index contributed by atoms with van der Waals surface area (Å²) in [6, 6.07) is 12.5. The van der Waals surface area contributed by atoms with Crippen molar-refractivity contribution in [3.8, 4) is 22.1 Å². The number of aryl methyl sites for hydroxylation is 1. The van der Waals surface area contributed by atoms with E-state index in [0.717, 1.165) is 27.8 Å². The Kier molecular flexibility index (Phi) is 5.13. The fourth-order valence-corrected chi connectivity index (χ4v) is 3.75. The first-order chi connectivity index (χ1) is 14.1. The quantitative estimate of drug-likeness (QED) is 0.522. The maximum absolute atomic E-state index is 12.7. The van der Waals surface area contributed by atoms with Crippen LogP contribution in [0.1, 0.15) is 23.1 Å². The number of aromatic nitrogens is 4. The third-order valence-corrected chi connectivity index (χ3v) is 5.35. The molecule has 148 valence electrons. The van der Waals surface area contributed by atoms with Crippen molar-refractivity contribution in [1.29, 1.82) is 0 Å². The molecule has 4 rings (SSSR count). The first kappa shape index (κ1) is 18.9. The number of fused-ring (bicyclic) bond motifs is 1. The topological polar surface area (TPSA) is 90.6 Å². The Labute approximate surface area is 171 Å². The summed E-state index contributed by atoms with van der Waals surface area (Å²) in [7, 11) is 3.13. The molecule has 2 aromatic carbocycles. The van der Waals surface area contributed by atoms with E-state index in [1.54, 1.807) is 49.1 Å². The number of carbonyl (C=O) groups excluding carboxylic acids is 1. The van der Waals surface area contributed by atoms with Crippen molar-refractivity contribution in [2.75, 3.05) is 19.5 Å². The van der Waals surface area contributed by atoms with E-state index in [9.17, 15) is 4.79 Å². The molecule has 0 spiro atoms. The lowest BCUT2D eigenvalue weighted by Crippen LogP contribution is -2.12. The Morgan fingerprint density at radius 2 is 2.00 bits per heavy atom. The minimum atomic E-state index is -0.259. The van der Waals surface area contributed by atoms with Crippen molar-refractivity contribution < 1.29 is 14.3 Å². The van der Waals surface area contributed by atoms with E-state index in [2.05, 4.69) is 20.6 Å². The van der Waals surface area contributed by atoms with Gasteiger partial charge in [-0.15, -0.1) is 10.2 Å². The van der Waals surface area contributed by atoms with Crippen LogP contribution in [0.25, 0.3) is 15.5 Å². The third-order valence-electron chi connectivity index (χ3n) is 4.40. The van der Waals surface area contributed by atoms with Gasteiger partial charge in [0.25, 0.3) is 5.91 Å². The predicted molar refractivity (Wildman–Crippen MR) is 111 cm³/mol. The molecule has 0 fully saturated rings. The molecule has 0 radical (unpaired) electrons. The number of benzene rings is 2. The number of hydrogen-bond donors (Lipinski definition) is 1. The number of nitrogens with zero attached hydrogens (tertiary/aromatic N) is 4. The average Bonchev–Trinajstić information content (AvgIpc) is 3.34. The monoisotopic (exact) mass is 409 g/mol. The molecule has 0 unspecified atom stereocenters. The molecule has 0 aliphatic rings. The average molecular weight is 409 g/mol. The highest BCUT2D eigenvalue weighted by Crippen LogP contribution is 2.33. The van der Waals surface area contributed by atoms with Crippen LogP contribution in [0.15, 0.2) is 42.5 Å². The molecular formula is C20H19N5O3S. The molecule has 4 aromatic rings. The SMILES string of the molecule is CCc1nnc2sc(-c3ccc(OC)c(NC(=O)c4cccc(OC)c4)c3)nn12. The molecule has 1 N–H and O–H groups in total. The maximum Gasteiger partial charge on any atom is 0.255 e. The van der Waals surface area contributed by atoms with Gasteiger partial charge in [0.05, 0.1) is 19.9 Å². The van der Waals surface area contributed by atoms with E-state index < -0.39 is 0 Å². The highest BCUT2D eigenvalue weighted by Gasteiger charge is 2.15. The minimum Gasteiger partial charge on any atom is -0.497 e. The number of ether oxygens (including phenoxy) is 2. The molecular weight excluding hydrogens is 390 g/mol. The van der Waals surface area contributed by atoms with Crippen LogP contribution in [0.2, 0.25) is 0 Å². The molecule has 0 saturated carbocycles. The van der Waals surface area contributed by atoms with Crippen LogP contribution in [0.5, 0.6) is 11.5 Å². The highest BCUT2D eigenvalue weighted by atomic mass is 32.1. The summed E-state index contributed by atoms with van der Waals surface area (Å²) in [5.41, 5.74) is 1.90. The van der Waals surface area contributed by atoms with Crippen molar-refractivity contribution in [2.24, 2.45) is 0 Å². The summed E-state index contributed by atoms with van der Waals surface area (Å²) >= 11 is 1.44. The second-order valence-electron chi connectivity index (χ2n) is 6.17. The van der Waals surface area contributed by atoms with Crippen molar-refractivity contribution in [3.63, 3.8) is 0 Å². The zero-order valence-corrected chi connectivity index (χ0v) is 17.0. The van der Waals surface area contributed by atoms with Crippen LogP contribution in [-0.4, -0.2) is 39.9 Å². The summed E-state index contributed by atoms with van der Waals surface area (Å²) in [4.78, 5) is 13.5. The lowest BCUT2D eigenvalue weighted by molar-refractivity contribution is 0.102. The van der Waals surface area contributed by atoms with Crippen molar-refractivity contribution in [2.45, 2.75) is 13.3 Å². The summed E-state index contributed by atoms with van der Waals surface area (Å²) < 4.78 is 12.4. The van der Waals surface area contributed by atoms with Crippen LogP contribution in [0.4, 0.5) is 5.69 Å². The molecule has 0 bridgehead atoms. The van der Waals surface area contributed by atoms with Gasteiger partial charge in [0.2, 0.25) is 4.96 Å². The normalized spacial score (nSPS) is 10.9. The number of rotatable bonds is 6. The van der Waals surface area contributed by atoms with Gasteiger partial charge in [-0.25, -0.2) is 0 Å². The second-order valence-corrected chi connectivity index (χ2v) is 7.13. The lowest BCUT2D eigenvalue weighted by atomic mass is 10.1. The Balaban J connectivity index is 1.67. The van der Waals surface area contributed by atoms with E-state index in [-0.39, 0.29) is 5.91 Å². The molecule has 1 amide bonds. The van der Waals surface area contributed by atoms with E-state index in [0.29, 0.717) is 22.7 Å². The van der Waals surface area contributed by atoms with Gasteiger partial charge >= 0.3 is 0 Å². The van der Waals surface area contributed by atoms with Crippen molar-refractivity contribution >= 4 is 27.9 Å². The first-order valence-corrected chi connectivity index (χ1v) is 9.79. The fourth-order valence-electron chi connectivity index (χ4n) is 2.89. The Hall–Kier alpha value is -3.46. The van der Waals surface area contributed by atoms with E-state index in [1.807, 2.05) is 19.1 Å². The van der Waals surface area contributed by atoms with Gasteiger partial charge in [-0.3, -0.25) is 4.79 Å². The number of amides is 1. The van der Waals surface area contributed by atoms with Gasteiger partial charge in [-0.1, -0.05) is 24.3 Å². The lowest BCUT2D eigenvalue weighted by Gasteiger charge is -2.12. The van der Waals surface area contributed by atoms with Crippen LogP contribution in [-0.2, 0) is 6.42 Å². The fraction of sp³-hybridized carbons (Fsp3) is 0.200. The highest BCUT2D eigenvalue weighted by molar-refractivity contribution is 7.19. The smallest absolute Gasteiger partial charge is 0.255 e. The molecule has 29 heavy (non-hydrogen) atoms. The van der Waals surface area contributed by atoms with Gasteiger partial charge < -0.3 is 14.8 Å². The van der Waals surface area contributed by atoms with Crippen LogP contribution >= 0.6 is 11.3 Å². The van der Waals surface area contributed by atoms with E-state index >= 15 is 0 Å². The summed E-state index contributed by atoms with van der Waals surface area (Å²) in [6.07, 6.45) is 0.745. The molecule has 8 nitrogen and oxygen atoms in total. The molecule has 0 atom stereocenters. The number of nitrogens with one attached hydrogen (secondary N) is 1. The van der Waals surface area contributed by atoms with Gasteiger partial charge in [-0.2, -0.15) is 9.61 Å². The van der Waals surface area contributed by atoms with Gasteiger partial charge in [0.15, 0.2) is 5.82 Å². The Bertz CT molecular complexity index is 1180. The molecule has 0 aliphatic heterocycles. The van der Waals surface area contributed by atoms with Gasteiger partial charge in [0, 0.05) is 17.5 Å². The van der Waals surface area contributed by atoms with Crippen LogP contribution in [0, 0.1) is 0 Å². The zero-order chi connectivity index (χ0) is 20.4. The third kappa shape index (κ3) is 3.64. The standard InChI is InChI=1S/C20H19N5O3S/c1-4-17-22-23-20-25(17)24-19(29-20)13-8-9-16(28-3)15(11-13)21-18(26)12-6-5-7-14(10-12)27-2/h5-11H,4H2,1-3H3,(H,21,26). The number of carbonyl (C=O) groups is 1. The van der Waals surface area contributed by atoms with Gasteiger partial charge in [0.1, 0.15) is 16.5 Å². The Morgan fingerprint density at radius 3 is 2.76 bits per heavy atom. The Morgan fingerprint density at radius 1 is 1.14 bits per heavy atom. The zero-order valence-electron chi connectivity index (χ0n) is 16.2. The maximum atomic E-state index is 12.7. The summed E-state index contributed by atoms with van der Waals surface area (Å²) in [5, 5.41) is 16.6. The molecule has 0 saturated heterocycles.